The summed E-state index contributed by atoms with van der Waals surface area (Å²) >= 11 is 1.81. The van der Waals surface area contributed by atoms with Gasteiger partial charge in [-0.2, -0.15) is 0 Å². The molecule has 0 radical (unpaired) electrons. The van der Waals surface area contributed by atoms with Crippen molar-refractivity contribution in [2.45, 2.75) is 4.90 Å². The first-order chi connectivity index (χ1) is 6.95. The molecule has 14 heavy (non-hydrogen) atoms. The molecular formula is C10H8N2OS. The number of nitrogens with zero attached hydrogens (tertiary/aromatic N) is 2. The molecule has 1 aromatic carbocycles. The van der Waals surface area contributed by atoms with Crippen LogP contribution in [-0.2, 0) is 4.84 Å². The highest BCUT2D eigenvalue weighted by molar-refractivity contribution is 7.99. The zero-order chi connectivity index (χ0) is 9.38. The Balaban J connectivity index is 2.15. The Morgan fingerprint density at radius 2 is 2.29 bits per heavy atom. The molecule has 3 rings (SSSR count). The van der Waals surface area contributed by atoms with Crippen LogP contribution in [0.5, 0.6) is 0 Å². The molecular weight excluding hydrogens is 196 g/mol. The molecule has 2 aliphatic heterocycles. The number of para-hydroxylation sites is 1. The summed E-state index contributed by atoms with van der Waals surface area (Å²) in [4.78, 5) is 8.36. The van der Waals surface area contributed by atoms with Crippen LogP contribution in [0.3, 0.4) is 0 Å². The van der Waals surface area contributed by atoms with E-state index >= 15 is 0 Å². The number of hydrogen-bond acceptors (Lipinski definition) is 4. The maximum absolute atomic E-state index is 5.14. The van der Waals surface area contributed by atoms with Crippen LogP contribution in [0.2, 0.25) is 0 Å². The van der Waals surface area contributed by atoms with Crippen molar-refractivity contribution in [2.75, 3.05) is 10.7 Å². The summed E-state index contributed by atoms with van der Waals surface area (Å²) < 4.78 is 0. The van der Waals surface area contributed by atoms with Gasteiger partial charge in [0.2, 0.25) is 5.88 Å². The molecule has 0 aliphatic carbocycles. The predicted octanol–water partition coefficient (Wildman–Crippen LogP) is 2.41. The van der Waals surface area contributed by atoms with E-state index in [4.69, 9.17) is 4.84 Å². The normalized spacial score (nSPS) is 18.0. The van der Waals surface area contributed by atoms with Gasteiger partial charge in [0, 0.05) is 10.6 Å². The Labute approximate surface area is 86.0 Å². The van der Waals surface area contributed by atoms with Crippen molar-refractivity contribution in [1.82, 2.24) is 0 Å². The Bertz CT molecular complexity index is 428. The van der Waals surface area contributed by atoms with E-state index in [-0.39, 0.29) is 0 Å². The molecule has 0 fully saturated rings. The summed E-state index contributed by atoms with van der Waals surface area (Å²) in [5.74, 6) is 1.73. The zero-order valence-corrected chi connectivity index (χ0v) is 8.20. The number of oxime groups is 1. The molecule has 0 aromatic heterocycles. The van der Waals surface area contributed by atoms with Crippen LogP contribution in [0.25, 0.3) is 0 Å². The molecule has 0 N–H and O–H groups in total. The molecule has 2 aliphatic rings. The van der Waals surface area contributed by atoms with Crippen LogP contribution in [0.1, 0.15) is 0 Å². The number of fused-ring (bicyclic) bond motifs is 3. The van der Waals surface area contributed by atoms with Gasteiger partial charge in [-0.25, -0.2) is 0 Å². The van der Waals surface area contributed by atoms with Gasteiger partial charge in [-0.15, -0.1) is 11.8 Å². The molecule has 0 amide bonds. The number of anilines is 1. The molecule has 0 spiro atoms. The molecule has 0 atom stereocenters. The van der Waals surface area contributed by atoms with Gasteiger partial charge >= 0.3 is 0 Å². The maximum atomic E-state index is 5.14. The van der Waals surface area contributed by atoms with Crippen molar-refractivity contribution in [3.63, 3.8) is 0 Å². The van der Waals surface area contributed by atoms with Crippen molar-refractivity contribution >= 4 is 23.8 Å². The zero-order valence-electron chi connectivity index (χ0n) is 7.38. The van der Waals surface area contributed by atoms with E-state index in [1.54, 1.807) is 18.1 Å². The van der Waals surface area contributed by atoms with Crippen molar-refractivity contribution in [3.05, 3.63) is 36.2 Å². The SMILES string of the molecule is C1=NOC2=CCSc3ccccc3N12. The lowest BCUT2D eigenvalue weighted by molar-refractivity contribution is 0.245. The van der Waals surface area contributed by atoms with Crippen LogP contribution in [-0.4, -0.2) is 12.1 Å². The third-order valence-corrected chi connectivity index (χ3v) is 3.16. The second-order valence-corrected chi connectivity index (χ2v) is 4.07. The largest absolute Gasteiger partial charge is 0.337 e. The van der Waals surface area contributed by atoms with E-state index in [9.17, 15) is 0 Å². The second-order valence-electron chi connectivity index (χ2n) is 3.00. The number of rotatable bonds is 0. The molecule has 3 nitrogen and oxygen atoms in total. The molecule has 0 unspecified atom stereocenters. The summed E-state index contributed by atoms with van der Waals surface area (Å²) in [6.07, 6.45) is 3.74. The molecule has 70 valence electrons. The minimum atomic E-state index is 0.808. The number of thioether (sulfide) groups is 1. The molecule has 4 heteroatoms. The quantitative estimate of drug-likeness (QED) is 0.648. The van der Waals surface area contributed by atoms with Gasteiger partial charge in [-0.3, -0.25) is 4.90 Å². The second kappa shape index (κ2) is 3.06. The highest BCUT2D eigenvalue weighted by atomic mass is 32.2. The molecule has 1 aromatic rings. The molecule has 0 saturated carbocycles. The topological polar surface area (TPSA) is 24.8 Å². The van der Waals surface area contributed by atoms with Gasteiger partial charge in [-0.1, -0.05) is 17.3 Å². The van der Waals surface area contributed by atoms with Crippen LogP contribution < -0.4 is 4.90 Å². The Hall–Kier alpha value is -1.42. The summed E-state index contributed by atoms with van der Waals surface area (Å²) in [7, 11) is 0. The van der Waals surface area contributed by atoms with Gasteiger partial charge in [0.1, 0.15) is 6.34 Å². The van der Waals surface area contributed by atoms with E-state index in [1.807, 2.05) is 23.1 Å². The Morgan fingerprint density at radius 1 is 1.36 bits per heavy atom. The van der Waals surface area contributed by atoms with Gasteiger partial charge in [0.25, 0.3) is 0 Å². The molecule has 0 saturated heterocycles. The van der Waals surface area contributed by atoms with Gasteiger partial charge in [0.05, 0.1) is 5.69 Å². The number of hydrogen-bond donors (Lipinski definition) is 0. The number of benzene rings is 1. The van der Waals surface area contributed by atoms with Crippen LogP contribution in [0.4, 0.5) is 5.69 Å². The Kier molecular flexibility index (Phi) is 1.73. The van der Waals surface area contributed by atoms with Crippen molar-refractivity contribution < 1.29 is 4.84 Å². The van der Waals surface area contributed by atoms with Gasteiger partial charge < -0.3 is 4.84 Å². The average Bonchev–Trinajstić information content (AvgIpc) is 2.61. The van der Waals surface area contributed by atoms with Crippen molar-refractivity contribution in [2.24, 2.45) is 5.16 Å². The first kappa shape index (κ1) is 7.94. The van der Waals surface area contributed by atoms with E-state index < -0.39 is 0 Å². The third kappa shape index (κ3) is 1.11. The molecule has 0 bridgehead atoms. The molecule has 2 heterocycles. The first-order valence-electron chi connectivity index (χ1n) is 4.37. The van der Waals surface area contributed by atoms with Crippen molar-refractivity contribution in [1.29, 1.82) is 0 Å². The lowest BCUT2D eigenvalue weighted by Crippen LogP contribution is -2.15. The standard InChI is InChI=1S/C10H8N2OS/c1-2-4-9-8(3-1)12-7-11-13-10(12)5-6-14-9/h1-5,7H,6H2. The highest BCUT2D eigenvalue weighted by Crippen LogP contribution is 2.35. The lowest BCUT2D eigenvalue weighted by Gasteiger charge is -2.14. The van der Waals surface area contributed by atoms with Gasteiger partial charge in [0.15, 0.2) is 0 Å². The fourth-order valence-corrected chi connectivity index (χ4v) is 2.42. The maximum Gasteiger partial charge on any atom is 0.232 e. The predicted molar refractivity (Wildman–Crippen MR) is 57.3 cm³/mol. The first-order valence-corrected chi connectivity index (χ1v) is 5.35. The monoisotopic (exact) mass is 204 g/mol. The van der Waals surface area contributed by atoms with Crippen LogP contribution >= 0.6 is 11.8 Å². The van der Waals surface area contributed by atoms with Crippen molar-refractivity contribution in [3.8, 4) is 0 Å². The van der Waals surface area contributed by atoms with Crippen LogP contribution in [0, 0.1) is 0 Å². The lowest BCUT2D eigenvalue weighted by atomic mass is 10.3. The summed E-state index contributed by atoms with van der Waals surface area (Å²) in [5.41, 5.74) is 1.14. The third-order valence-electron chi connectivity index (χ3n) is 2.17. The van der Waals surface area contributed by atoms with E-state index in [0.29, 0.717) is 0 Å². The van der Waals surface area contributed by atoms with Gasteiger partial charge in [-0.05, 0) is 18.2 Å². The average molecular weight is 204 g/mol. The van der Waals surface area contributed by atoms with E-state index in [1.165, 1.54) is 4.90 Å². The van der Waals surface area contributed by atoms with E-state index in [2.05, 4.69) is 17.3 Å². The van der Waals surface area contributed by atoms with Crippen LogP contribution in [0.15, 0.2) is 46.3 Å². The minimum absolute atomic E-state index is 0.808. The fourth-order valence-electron chi connectivity index (χ4n) is 1.52. The smallest absolute Gasteiger partial charge is 0.232 e. The summed E-state index contributed by atoms with van der Waals surface area (Å²) in [6, 6.07) is 8.25. The Morgan fingerprint density at radius 3 is 3.29 bits per heavy atom. The minimum Gasteiger partial charge on any atom is -0.337 e. The fraction of sp³-hybridized carbons (Fsp3) is 0.100. The highest BCUT2D eigenvalue weighted by Gasteiger charge is 2.22. The summed E-state index contributed by atoms with van der Waals surface area (Å²) in [5, 5.41) is 3.79. The van der Waals surface area contributed by atoms with E-state index in [0.717, 1.165) is 17.3 Å². The summed E-state index contributed by atoms with van der Waals surface area (Å²) in [6.45, 7) is 0.